The van der Waals surface area contributed by atoms with Crippen molar-refractivity contribution < 1.29 is 4.79 Å². The topological polar surface area (TPSA) is 33.2 Å². The van der Waals surface area contributed by atoms with Crippen molar-refractivity contribution in [2.75, 3.05) is 13.1 Å². The van der Waals surface area contributed by atoms with Gasteiger partial charge in [0.1, 0.15) is 0 Å². The zero-order valence-electron chi connectivity index (χ0n) is 13.0. The molecule has 0 spiro atoms. The van der Waals surface area contributed by atoms with Gasteiger partial charge in [0.2, 0.25) is 5.91 Å². The van der Waals surface area contributed by atoms with E-state index in [4.69, 9.17) is 0 Å². The lowest BCUT2D eigenvalue weighted by Crippen LogP contribution is -2.41. The van der Waals surface area contributed by atoms with E-state index in [1.807, 2.05) is 18.5 Å². The lowest BCUT2D eigenvalue weighted by molar-refractivity contribution is -0.132. The van der Waals surface area contributed by atoms with Crippen molar-refractivity contribution in [2.24, 2.45) is 5.92 Å². The molecule has 0 radical (unpaired) electrons. The van der Waals surface area contributed by atoms with Crippen LogP contribution in [0.4, 0.5) is 0 Å². The first-order chi connectivity index (χ1) is 10.7. The predicted octanol–water partition coefficient (Wildman–Crippen LogP) is 3.48. The van der Waals surface area contributed by atoms with Crippen molar-refractivity contribution in [3.63, 3.8) is 0 Å². The van der Waals surface area contributed by atoms with Crippen molar-refractivity contribution in [3.05, 3.63) is 52.0 Å². The first kappa shape index (κ1) is 15.2. The van der Waals surface area contributed by atoms with Crippen molar-refractivity contribution >= 4 is 17.2 Å². The van der Waals surface area contributed by atoms with Crippen LogP contribution in [0, 0.1) is 12.8 Å². The van der Waals surface area contributed by atoms with Gasteiger partial charge in [-0.05, 0) is 55.9 Å². The molecule has 116 valence electrons. The molecule has 0 aromatic carbocycles. The van der Waals surface area contributed by atoms with Crippen molar-refractivity contribution in [1.29, 1.82) is 0 Å². The molecular formula is C18H22N2OS. The second kappa shape index (κ2) is 7.05. The van der Waals surface area contributed by atoms with Crippen LogP contribution >= 0.6 is 11.3 Å². The monoisotopic (exact) mass is 314 g/mol. The molecule has 0 aliphatic carbocycles. The van der Waals surface area contributed by atoms with Gasteiger partial charge in [-0.15, -0.1) is 11.3 Å². The molecule has 1 aliphatic heterocycles. The fourth-order valence-electron chi connectivity index (χ4n) is 3.15. The number of hydrogen-bond donors (Lipinski definition) is 0. The van der Waals surface area contributed by atoms with Gasteiger partial charge in [-0.1, -0.05) is 6.07 Å². The fourth-order valence-corrected chi connectivity index (χ4v) is 4.03. The average molecular weight is 314 g/mol. The van der Waals surface area contributed by atoms with Gasteiger partial charge in [0.15, 0.2) is 0 Å². The van der Waals surface area contributed by atoms with E-state index in [2.05, 4.69) is 35.0 Å². The Morgan fingerprint density at radius 2 is 2.32 bits per heavy atom. The van der Waals surface area contributed by atoms with Crippen LogP contribution in [0.5, 0.6) is 0 Å². The van der Waals surface area contributed by atoms with Gasteiger partial charge in [-0.2, -0.15) is 0 Å². The van der Waals surface area contributed by atoms with Crippen molar-refractivity contribution in [3.8, 4) is 0 Å². The van der Waals surface area contributed by atoms with Crippen LogP contribution in [-0.2, 0) is 17.6 Å². The van der Waals surface area contributed by atoms with E-state index < -0.39 is 0 Å². The average Bonchev–Trinajstić information content (AvgIpc) is 2.93. The molecule has 1 amide bonds. The molecule has 0 unspecified atom stereocenters. The Morgan fingerprint density at radius 1 is 1.41 bits per heavy atom. The number of thiophene rings is 1. The molecule has 3 nitrogen and oxygen atoms in total. The third-order valence-corrected chi connectivity index (χ3v) is 5.24. The van der Waals surface area contributed by atoms with Crippen LogP contribution in [0.2, 0.25) is 0 Å². The third-order valence-electron chi connectivity index (χ3n) is 4.24. The highest BCUT2D eigenvalue weighted by molar-refractivity contribution is 7.12. The summed E-state index contributed by atoms with van der Waals surface area (Å²) in [5.74, 6) is 0.838. The number of pyridine rings is 1. The quantitative estimate of drug-likeness (QED) is 0.865. The lowest BCUT2D eigenvalue weighted by atomic mass is 9.91. The van der Waals surface area contributed by atoms with Gasteiger partial charge in [-0.25, -0.2) is 0 Å². The summed E-state index contributed by atoms with van der Waals surface area (Å²) < 4.78 is 0. The normalized spacial score (nSPS) is 18.4. The van der Waals surface area contributed by atoms with Gasteiger partial charge in [0.25, 0.3) is 0 Å². The molecule has 1 atom stereocenters. The van der Waals surface area contributed by atoms with Gasteiger partial charge in [0.05, 0.1) is 6.42 Å². The summed E-state index contributed by atoms with van der Waals surface area (Å²) in [5.41, 5.74) is 1.27. The van der Waals surface area contributed by atoms with Gasteiger partial charge in [0, 0.05) is 35.2 Å². The van der Waals surface area contributed by atoms with E-state index in [-0.39, 0.29) is 5.91 Å². The molecule has 4 heteroatoms. The van der Waals surface area contributed by atoms with E-state index in [0.29, 0.717) is 12.3 Å². The Balaban J connectivity index is 1.57. The van der Waals surface area contributed by atoms with Crippen LogP contribution in [-0.4, -0.2) is 28.9 Å². The Hall–Kier alpha value is -1.68. The molecule has 1 aliphatic rings. The number of carbonyl (C=O) groups excluding carboxylic acids is 1. The minimum absolute atomic E-state index is 0.276. The van der Waals surface area contributed by atoms with Crippen LogP contribution in [0.1, 0.15) is 28.2 Å². The number of hydrogen-bond acceptors (Lipinski definition) is 3. The van der Waals surface area contributed by atoms with E-state index in [1.54, 1.807) is 11.3 Å². The standard InChI is InChI=1S/C18H22N2OS/c1-14-6-7-17(22-14)11-18(21)20-9-3-5-16(13-20)10-15-4-2-8-19-12-15/h2,4,6-8,12,16H,3,5,9-11,13H2,1H3/t16-/m0/s1. The summed E-state index contributed by atoms with van der Waals surface area (Å²) in [4.78, 5) is 21.2. The minimum Gasteiger partial charge on any atom is -0.342 e. The summed E-state index contributed by atoms with van der Waals surface area (Å²) >= 11 is 1.73. The van der Waals surface area contributed by atoms with Crippen molar-refractivity contribution in [1.82, 2.24) is 9.88 Å². The van der Waals surface area contributed by atoms with E-state index in [9.17, 15) is 4.79 Å². The molecule has 0 bridgehead atoms. The smallest absolute Gasteiger partial charge is 0.227 e. The number of nitrogens with zero attached hydrogens (tertiary/aromatic N) is 2. The molecule has 3 rings (SSSR count). The van der Waals surface area contributed by atoms with Crippen LogP contribution < -0.4 is 0 Å². The number of amides is 1. The molecule has 2 aromatic rings. The highest BCUT2D eigenvalue weighted by atomic mass is 32.1. The largest absolute Gasteiger partial charge is 0.342 e. The maximum absolute atomic E-state index is 12.5. The molecule has 3 heterocycles. The first-order valence-corrected chi connectivity index (χ1v) is 8.74. The zero-order valence-corrected chi connectivity index (χ0v) is 13.8. The molecule has 2 aromatic heterocycles. The molecule has 22 heavy (non-hydrogen) atoms. The lowest BCUT2D eigenvalue weighted by Gasteiger charge is -2.33. The predicted molar refractivity (Wildman–Crippen MR) is 90.0 cm³/mol. The van der Waals surface area contributed by atoms with Crippen LogP contribution in [0.25, 0.3) is 0 Å². The number of carbonyl (C=O) groups is 1. The Morgan fingerprint density at radius 3 is 3.05 bits per heavy atom. The van der Waals surface area contributed by atoms with E-state index >= 15 is 0 Å². The number of aryl methyl sites for hydroxylation is 1. The summed E-state index contributed by atoms with van der Waals surface area (Å²) in [7, 11) is 0. The van der Waals surface area contributed by atoms with Gasteiger partial charge >= 0.3 is 0 Å². The Labute approximate surface area is 136 Å². The summed E-state index contributed by atoms with van der Waals surface area (Å²) in [5, 5.41) is 0. The maximum atomic E-state index is 12.5. The summed E-state index contributed by atoms with van der Waals surface area (Å²) in [6.07, 6.45) is 7.64. The Bertz CT molecular complexity index is 623. The number of piperidine rings is 1. The minimum atomic E-state index is 0.276. The highest BCUT2D eigenvalue weighted by Crippen LogP contribution is 2.22. The molecule has 0 saturated carbocycles. The first-order valence-electron chi connectivity index (χ1n) is 7.92. The third kappa shape index (κ3) is 3.95. The highest BCUT2D eigenvalue weighted by Gasteiger charge is 2.24. The molecule has 1 saturated heterocycles. The fraction of sp³-hybridized carbons (Fsp3) is 0.444. The Kier molecular flexibility index (Phi) is 4.88. The van der Waals surface area contributed by atoms with Crippen molar-refractivity contribution in [2.45, 2.75) is 32.6 Å². The van der Waals surface area contributed by atoms with Gasteiger partial charge < -0.3 is 4.90 Å². The van der Waals surface area contributed by atoms with Crippen LogP contribution in [0.3, 0.4) is 0 Å². The van der Waals surface area contributed by atoms with Crippen LogP contribution in [0.15, 0.2) is 36.7 Å². The summed E-state index contributed by atoms with van der Waals surface area (Å²) in [6.45, 7) is 3.88. The molecule has 1 fully saturated rings. The van der Waals surface area contributed by atoms with E-state index in [1.165, 1.54) is 21.7 Å². The number of aromatic nitrogens is 1. The second-order valence-electron chi connectivity index (χ2n) is 6.10. The second-order valence-corrected chi connectivity index (χ2v) is 7.47. The molecule has 0 N–H and O–H groups in total. The SMILES string of the molecule is Cc1ccc(CC(=O)N2CCC[C@@H](Cc3cccnc3)C2)s1. The number of rotatable bonds is 4. The zero-order chi connectivity index (χ0) is 15.4. The summed E-state index contributed by atoms with van der Waals surface area (Å²) in [6, 6.07) is 8.28. The number of likely N-dealkylation sites (tertiary alicyclic amines) is 1. The maximum Gasteiger partial charge on any atom is 0.227 e. The van der Waals surface area contributed by atoms with Gasteiger partial charge in [-0.3, -0.25) is 9.78 Å². The molecular weight excluding hydrogens is 292 g/mol. The van der Waals surface area contributed by atoms with E-state index in [0.717, 1.165) is 25.9 Å².